The first kappa shape index (κ1) is 17.6. The molecule has 1 N–H and O–H groups in total. The topological polar surface area (TPSA) is 73.7 Å². The average molecular weight is 359 g/mol. The Hall–Kier alpha value is -2.25. The molecule has 3 rings (SSSR count). The summed E-state index contributed by atoms with van der Waals surface area (Å²) in [6.07, 6.45) is 2.22. The highest BCUT2D eigenvalue weighted by atomic mass is 32.1. The number of amides is 2. The predicted molar refractivity (Wildman–Crippen MR) is 95.0 cm³/mol. The Morgan fingerprint density at radius 2 is 2.24 bits per heavy atom. The van der Waals surface area contributed by atoms with Gasteiger partial charge in [0.15, 0.2) is 0 Å². The Labute approximate surface area is 150 Å². The number of aromatic nitrogens is 1. The molecule has 0 unspecified atom stereocenters. The molecule has 0 bridgehead atoms. The van der Waals surface area contributed by atoms with E-state index in [1.165, 1.54) is 11.3 Å². The molecule has 6 nitrogen and oxygen atoms in total. The standard InChI is InChI=1S/C18H21N3O3S/c1-2-15(21-11-13-5-3-4-6-14(13)17(21)23)18(24)20(8-9-22)12-16-19-7-10-25-16/h3-7,10,15,22H,2,8-9,11-12H2,1H3/t15-/m0/s1. The van der Waals surface area contributed by atoms with Gasteiger partial charge in [-0.25, -0.2) is 4.98 Å². The second-order valence-electron chi connectivity index (χ2n) is 5.92. The second kappa shape index (κ2) is 7.76. The van der Waals surface area contributed by atoms with E-state index in [4.69, 9.17) is 0 Å². The van der Waals surface area contributed by atoms with Crippen LogP contribution < -0.4 is 0 Å². The molecular formula is C18H21N3O3S. The zero-order valence-electron chi connectivity index (χ0n) is 14.1. The number of aliphatic hydroxyl groups excluding tert-OH is 1. The van der Waals surface area contributed by atoms with Gasteiger partial charge in [0.1, 0.15) is 11.0 Å². The van der Waals surface area contributed by atoms with Crippen molar-refractivity contribution >= 4 is 23.2 Å². The fourth-order valence-corrected chi connectivity index (χ4v) is 3.78. The number of carbonyl (C=O) groups is 2. The molecule has 1 aliphatic heterocycles. The van der Waals surface area contributed by atoms with Crippen molar-refractivity contribution in [3.05, 3.63) is 52.0 Å². The highest BCUT2D eigenvalue weighted by Gasteiger charge is 2.37. The molecule has 0 spiro atoms. The fourth-order valence-electron chi connectivity index (χ4n) is 3.15. The summed E-state index contributed by atoms with van der Waals surface area (Å²) in [6, 6.07) is 6.93. The van der Waals surface area contributed by atoms with Crippen molar-refractivity contribution in [1.82, 2.24) is 14.8 Å². The molecule has 2 heterocycles. The number of benzene rings is 1. The highest BCUT2D eigenvalue weighted by molar-refractivity contribution is 7.09. The molecule has 1 aromatic carbocycles. The predicted octanol–water partition coefficient (Wildman–Crippen LogP) is 1.90. The van der Waals surface area contributed by atoms with E-state index in [-0.39, 0.29) is 25.0 Å². The van der Waals surface area contributed by atoms with Crippen molar-refractivity contribution in [1.29, 1.82) is 0 Å². The van der Waals surface area contributed by atoms with E-state index in [2.05, 4.69) is 4.98 Å². The summed E-state index contributed by atoms with van der Waals surface area (Å²) in [4.78, 5) is 33.2. The lowest BCUT2D eigenvalue weighted by molar-refractivity contribution is -0.137. The summed E-state index contributed by atoms with van der Waals surface area (Å²) >= 11 is 1.47. The van der Waals surface area contributed by atoms with E-state index in [0.717, 1.165) is 10.6 Å². The maximum atomic E-state index is 13.1. The van der Waals surface area contributed by atoms with Gasteiger partial charge >= 0.3 is 0 Å². The molecule has 7 heteroatoms. The van der Waals surface area contributed by atoms with Crippen LogP contribution in [-0.4, -0.2) is 50.9 Å². The smallest absolute Gasteiger partial charge is 0.255 e. The van der Waals surface area contributed by atoms with Gasteiger partial charge in [0, 0.05) is 30.2 Å². The van der Waals surface area contributed by atoms with E-state index >= 15 is 0 Å². The summed E-state index contributed by atoms with van der Waals surface area (Å²) in [5.41, 5.74) is 1.62. The zero-order chi connectivity index (χ0) is 17.8. The van der Waals surface area contributed by atoms with Crippen molar-refractivity contribution < 1.29 is 14.7 Å². The SMILES string of the molecule is CC[C@@H](C(=O)N(CCO)Cc1nccs1)N1Cc2ccccc2C1=O. The van der Waals surface area contributed by atoms with Gasteiger partial charge < -0.3 is 14.9 Å². The van der Waals surface area contributed by atoms with Crippen LogP contribution >= 0.6 is 11.3 Å². The van der Waals surface area contributed by atoms with Gasteiger partial charge in [0.2, 0.25) is 5.91 Å². The molecule has 0 fully saturated rings. The molecule has 0 saturated heterocycles. The number of carbonyl (C=O) groups excluding carboxylic acids is 2. The van der Waals surface area contributed by atoms with E-state index in [1.54, 1.807) is 22.1 Å². The zero-order valence-corrected chi connectivity index (χ0v) is 14.9. The van der Waals surface area contributed by atoms with E-state index < -0.39 is 6.04 Å². The summed E-state index contributed by atoms with van der Waals surface area (Å²) in [7, 11) is 0. The maximum absolute atomic E-state index is 13.1. The fraction of sp³-hybridized carbons (Fsp3) is 0.389. The summed E-state index contributed by atoms with van der Waals surface area (Å²) < 4.78 is 0. The van der Waals surface area contributed by atoms with E-state index in [9.17, 15) is 14.7 Å². The van der Waals surface area contributed by atoms with Gasteiger partial charge in [-0.15, -0.1) is 11.3 Å². The molecule has 2 amide bonds. The number of hydrogen-bond acceptors (Lipinski definition) is 5. The summed E-state index contributed by atoms with van der Waals surface area (Å²) in [5, 5.41) is 12.0. The van der Waals surface area contributed by atoms with Crippen molar-refractivity contribution in [2.45, 2.75) is 32.5 Å². The van der Waals surface area contributed by atoms with E-state index in [0.29, 0.717) is 25.1 Å². The first-order valence-electron chi connectivity index (χ1n) is 8.32. The van der Waals surface area contributed by atoms with Crippen LogP contribution in [0.5, 0.6) is 0 Å². The van der Waals surface area contributed by atoms with Gasteiger partial charge in [0.25, 0.3) is 5.91 Å². The number of hydrogen-bond donors (Lipinski definition) is 1. The number of thiazole rings is 1. The average Bonchev–Trinajstić information content (AvgIpc) is 3.24. The first-order valence-corrected chi connectivity index (χ1v) is 9.20. The Bertz CT molecular complexity index is 748. The van der Waals surface area contributed by atoms with Gasteiger partial charge in [-0.1, -0.05) is 25.1 Å². The lowest BCUT2D eigenvalue weighted by Crippen LogP contribution is -2.49. The Morgan fingerprint density at radius 1 is 1.44 bits per heavy atom. The van der Waals surface area contributed by atoms with Crippen molar-refractivity contribution in [3.8, 4) is 0 Å². The Kier molecular flexibility index (Phi) is 5.45. The van der Waals surface area contributed by atoms with Crippen LogP contribution in [0.25, 0.3) is 0 Å². The molecule has 0 aliphatic carbocycles. The molecular weight excluding hydrogens is 338 g/mol. The largest absolute Gasteiger partial charge is 0.395 e. The number of aliphatic hydroxyl groups is 1. The van der Waals surface area contributed by atoms with Gasteiger partial charge in [-0.2, -0.15) is 0 Å². The molecule has 1 atom stereocenters. The minimum Gasteiger partial charge on any atom is -0.395 e. The maximum Gasteiger partial charge on any atom is 0.255 e. The highest BCUT2D eigenvalue weighted by Crippen LogP contribution is 2.26. The number of fused-ring (bicyclic) bond motifs is 1. The normalized spacial score (nSPS) is 14.5. The van der Waals surface area contributed by atoms with Crippen LogP contribution in [0.3, 0.4) is 0 Å². The van der Waals surface area contributed by atoms with Crippen molar-refractivity contribution in [2.75, 3.05) is 13.2 Å². The van der Waals surface area contributed by atoms with Crippen LogP contribution in [0.4, 0.5) is 0 Å². The molecule has 25 heavy (non-hydrogen) atoms. The van der Waals surface area contributed by atoms with Gasteiger partial charge in [0.05, 0.1) is 13.2 Å². The summed E-state index contributed by atoms with van der Waals surface area (Å²) in [5.74, 6) is -0.248. The van der Waals surface area contributed by atoms with E-state index in [1.807, 2.05) is 30.5 Å². The number of rotatable bonds is 7. The van der Waals surface area contributed by atoms with Gasteiger partial charge in [-0.05, 0) is 18.1 Å². The van der Waals surface area contributed by atoms with Crippen LogP contribution in [0, 0.1) is 0 Å². The van der Waals surface area contributed by atoms with Gasteiger partial charge in [-0.3, -0.25) is 9.59 Å². The molecule has 1 aromatic heterocycles. The Morgan fingerprint density at radius 3 is 2.88 bits per heavy atom. The third-order valence-electron chi connectivity index (χ3n) is 4.39. The minimum absolute atomic E-state index is 0.103. The van der Waals surface area contributed by atoms with Crippen LogP contribution in [0.1, 0.15) is 34.3 Å². The summed E-state index contributed by atoms with van der Waals surface area (Å²) in [6.45, 7) is 2.80. The monoisotopic (exact) mass is 359 g/mol. The molecule has 0 radical (unpaired) electrons. The third-order valence-corrected chi connectivity index (χ3v) is 5.15. The van der Waals surface area contributed by atoms with Crippen LogP contribution in [-0.2, 0) is 17.9 Å². The van der Waals surface area contributed by atoms with Crippen LogP contribution in [0.2, 0.25) is 0 Å². The molecule has 132 valence electrons. The minimum atomic E-state index is -0.536. The first-order chi connectivity index (χ1) is 12.2. The lowest BCUT2D eigenvalue weighted by Gasteiger charge is -2.31. The Balaban J connectivity index is 1.79. The van der Waals surface area contributed by atoms with Crippen LogP contribution in [0.15, 0.2) is 35.8 Å². The molecule has 0 saturated carbocycles. The molecule has 1 aliphatic rings. The molecule has 2 aromatic rings. The third kappa shape index (κ3) is 3.57. The second-order valence-corrected chi connectivity index (χ2v) is 6.90. The van der Waals surface area contributed by atoms with Crippen molar-refractivity contribution in [2.24, 2.45) is 0 Å². The van der Waals surface area contributed by atoms with Crippen molar-refractivity contribution in [3.63, 3.8) is 0 Å². The lowest BCUT2D eigenvalue weighted by atomic mass is 10.1. The quantitative estimate of drug-likeness (QED) is 0.819. The number of nitrogens with zero attached hydrogens (tertiary/aromatic N) is 3.